The van der Waals surface area contributed by atoms with Crippen LogP contribution in [0, 0.1) is 24.4 Å². The van der Waals surface area contributed by atoms with Crippen molar-refractivity contribution in [3.8, 4) is 11.3 Å². The second-order valence-electron chi connectivity index (χ2n) is 4.79. The van der Waals surface area contributed by atoms with Crippen molar-refractivity contribution in [3.05, 3.63) is 34.5 Å². The highest BCUT2D eigenvalue weighted by molar-refractivity contribution is 7.99. The molecule has 0 aliphatic rings. The van der Waals surface area contributed by atoms with E-state index >= 15 is 0 Å². The number of thiazole rings is 1. The van der Waals surface area contributed by atoms with Gasteiger partial charge in [0.25, 0.3) is 0 Å². The number of hydrogen-bond donors (Lipinski definition) is 1. The summed E-state index contributed by atoms with van der Waals surface area (Å²) in [5, 5.41) is 2.70. The zero-order valence-electron chi connectivity index (χ0n) is 12.7. The van der Waals surface area contributed by atoms with Crippen LogP contribution in [0.3, 0.4) is 0 Å². The van der Waals surface area contributed by atoms with Gasteiger partial charge in [0.1, 0.15) is 17.5 Å². The normalized spacial score (nSPS) is 12.3. The first-order valence-corrected chi connectivity index (χ1v) is 8.93. The smallest absolute Gasteiger partial charge is 0.239 e. The van der Waals surface area contributed by atoms with Gasteiger partial charge in [-0.1, -0.05) is 6.92 Å². The zero-order valence-corrected chi connectivity index (χ0v) is 14.4. The van der Waals surface area contributed by atoms with Crippen LogP contribution in [0.4, 0.5) is 18.3 Å². The van der Waals surface area contributed by atoms with Crippen molar-refractivity contribution in [1.29, 1.82) is 0 Å². The average molecular weight is 360 g/mol. The molecule has 0 spiro atoms. The number of halogens is 3. The van der Waals surface area contributed by atoms with Gasteiger partial charge in [0, 0.05) is 17.0 Å². The summed E-state index contributed by atoms with van der Waals surface area (Å²) in [6.07, 6.45) is 2.49. The summed E-state index contributed by atoms with van der Waals surface area (Å²) in [5.41, 5.74) is -0.324. The molecule has 1 unspecified atom stereocenters. The van der Waals surface area contributed by atoms with Crippen molar-refractivity contribution in [2.45, 2.75) is 25.5 Å². The van der Waals surface area contributed by atoms with E-state index in [4.69, 9.17) is 0 Å². The molecule has 1 aromatic carbocycles. The van der Waals surface area contributed by atoms with Crippen LogP contribution < -0.4 is 5.32 Å². The van der Waals surface area contributed by atoms with E-state index in [9.17, 15) is 18.0 Å². The third kappa shape index (κ3) is 3.87. The Kier molecular flexibility index (Phi) is 5.69. The molecule has 1 heterocycles. The van der Waals surface area contributed by atoms with E-state index in [1.54, 1.807) is 6.92 Å². The molecule has 2 aromatic rings. The highest BCUT2D eigenvalue weighted by Crippen LogP contribution is 2.34. The van der Waals surface area contributed by atoms with Crippen LogP contribution in [0.5, 0.6) is 0 Å². The zero-order chi connectivity index (χ0) is 17.1. The Bertz CT molecular complexity index is 707. The predicted molar refractivity (Wildman–Crippen MR) is 88.4 cm³/mol. The van der Waals surface area contributed by atoms with Gasteiger partial charge in [-0.25, -0.2) is 18.2 Å². The predicted octanol–water partition coefficient (Wildman–Crippen LogP) is 4.62. The molecule has 8 heteroatoms. The van der Waals surface area contributed by atoms with Crippen LogP contribution in [0.2, 0.25) is 0 Å². The summed E-state index contributed by atoms with van der Waals surface area (Å²) in [5.74, 6) is -3.25. The largest absolute Gasteiger partial charge is 0.301 e. The van der Waals surface area contributed by atoms with Gasteiger partial charge in [-0.3, -0.25) is 4.79 Å². The minimum atomic E-state index is -1.02. The Labute approximate surface area is 140 Å². The molecule has 0 fully saturated rings. The van der Waals surface area contributed by atoms with Crippen LogP contribution in [0.1, 0.15) is 18.2 Å². The van der Waals surface area contributed by atoms with Gasteiger partial charge in [-0.15, -0.1) is 11.3 Å². The number of thioether (sulfide) groups is 1. The first kappa shape index (κ1) is 17.8. The Hall–Kier alpha value is -1.54. The lowest BCUT2D eigenvalue weighted by molar-refractivity contribution is -0.115. The molecule has 1 aromatic heterocycles. The Balaban J connectivity index is 2.34. The maximum Gasteiger partial charge on any atom is 0.239 e. The summed E-state index contributed by atoms with van der Waals surface area (Å²) >= 11 is 2.53. The number of carbonyl (C=O) groups is 1. The van der Waals surface area contributed by atoms with E-state index in [2.05, 4.69) is 10.3 Å². The van der Waals surface area contributed by atoms with Gasteiger partial charge in [-0.05, 0) is 19.6 Å². The number of amides is 1. The third-order valence-electron chi connectivity index (χ3n) is 3.22. The molecule has 1 N–H and O–H groups in total. The molecule has 0 saturated heterocycles. The molecule has 1 amide bonds. The number of benzene rings is 1. The third-order valence-corrected chi connectivity index (χ3v) is 5.22. The fourth-order valence-electron chi connectivity index (χ4n) is 2.10. The van der Waals surface area contributed by atoms with E-state index in [1.807, 2.05) is 13.2 Å². The second kappa shape index (κ2) is 7.35. The van der Waals surface area contributed by atoms with E-state index in [-0.39, 0.29) is 22.0 Å². The van der Waals surface area contributed by atoms with Gasteiger partial charge in [0.2, 0.25) is 5.91 Å². The molecule has 0 aliphatic carbocycles. The quantitative estimate of drug-likeness (QED) is 0.846. The summed E-state index contributed by atoms with van der Waals surface area (Å²) in [6, 6.07) is 1.21. The van der Waals surface area contributed by atoms with Crippen LogP contribution in [0.25, 0.3) is 11.3 Å². The molecule has 23 heavy (non-hydrogen) atoms. The summed E-state index contributed by atoms with van der Waals surface area (Å²) in [6.45, 7) is 3.53. The summed E-state index contributed by atoms with van der Waals surface area (Å²) in [4.78, 5) is 16.7. The maximum atomic E-state index is 13.9. The van der Waals surface area contributed by atoms with Crippen molar-refractivity contribution in [1.82, 2.24) is 4.98 Å². The molecular formula is C15H15F3N2OS2. The van der Waals surface area contributed by atoms with Crippen molar-refractivity contribution >= 4 is 34.1 Å². The van der Waals surface area contributed by atoms with Gasteiger partial charge < -0.3 is 5.32 Å². The average Bonchev–Trinajstić information content (AvgIpc) is 2.79. The van der Waals surface area contributed by atoms with Gasteiger partial charge in [0.15, 0.2) is 5.13 Å². The monoisotopic (exact) mass is 360 g/mol. The fourth-order valence-corrected chi connectivity index (χ4v) is 3.52. The number of aryl methyl sites for hydroxylation is 1. The Morgan fingerprint density at radius 1 is 1.35 bits per heavy atom. The first-order valence-electron chi connectivity index (χ1n) is 6.83. The lowest BCUT2D eigenvalue weighted by Gasteiger charge is -2.10. The SMILES string of the molecule is CCC(SC)C(=O)Nc1nc(-c2c(F)cc(F)cc2F)c(C)s1. The van der Waals surface area contributed by atoms with Gasteiger partial charge in [-0.2, -0.15) is 11.8 Å². The highest BCUT2D eigenvalue weighted by atomic mass is 32.2. The van der Waals surface area contributed by atoms with Crippen LogP contribution >= 0.6 is 23.1 Å². The standard InChI is InChI=1S/C15H15F3N2OS2/c1-4-11(22-3)14(21)20-15-19-13(7(2)23-15)12-9(17)5-8(16)6-10(12)18/h5-6,11H,4H2,1-3H3,(H,19,20,21). The number of nitrogens with zero attached hydrogens (tertiary/aromatic N) is 1. The molecular weight excluding hydrogens is 345 g/mol. The second-order valence-corrected chi connectivity index (χ2v) is 7.03. The van der Waals surface area contributed by atoms with Crippen LogP contribution in [0.15, 0.2) is 12.1 Å². The maximum absolute atomic E-state index is 13.9. The van der Waals surface area contributed by atoms with Crippen molar-refractivity contribution in [3.63, 3.8) is 0 Å². The van der Waals surface area contributed by atoms with Gasteiger partial charge >= 0.3 is 0 Å². The van der Waals surface area contributed by atoms with E-state index in [0.29, 0.717) is 23.4 Å². The molecule has 0 radical (unpaired) electrons. The molecule has 0 bridgehead atoms. The minimum Gasteiger partial charge on any atom is -0.301 e. The molecule has 2 rings (SSSR count). The topological polar surface area (TPSA) is 42.0 Å². The number of carbonyl (C=O) groups excluding carboxylic acids is 1. The van der Waals surface area contributed by atoms with Crippen LogP contribution in [-0.2, 0) is 4.79 Å². The molecule has 0 saturated carbocycles. The number of rotatable bonds is 5. The van der Waals surface area contributed by atoms with E-state index < -0.39 is 23.0 Å². The van der Waals surface area contributed by atoms with Gasteiger partial charge in [0.05, 0.1) is 16.5 Å². The number of anilines is 1. The highest BCUT2D eigenvalue weighted by Gasteiger charge is 2.21. The number of hydrogen-bond acceptors (Lipinski definition) is 4. The van der Waals surface area contributed by atoms with Crippen molar-refractivity contribution in [2.75, 3.05) is 11.6 Å². The first-order chi connectivity index (χ1) is 10.9. The molecule has 0 aliphatic heterocycles. The fraction of sp³-hybridized carbons (Fsp3) is 0.333. The molecule has 124 valence electrons. The Morgan fingerprint density at radius 3 is 2.48 bits per heavy atom. The molecule has 3 nitrogen and oxygen atoms in total. The Morgan fingerprint density at radius 2 is 1.96 bits per heavy atom. The van der Waals surface area contributed by atoms with Crippen molar-refractivity contribution in [2.24, 2.45) is 0 Å². The van der Waals surface area contributed by atoms with E-state index in [1.165, 1.54) is 11.8 Å². The number of nitrogens with one attached hydrogen (secondary N) is 1. The minimum absolute atomic E-state index is 0.0671. The molecule has 1 atom stereocenters. The van der Waals surface area contributed by atoms with Crippen molar-refractivity contribution < 1.29 is 18.0 Å². The lowest BCUT2D eigenvalue weighted by atomic mass is 10.1. The summed E-state index contributed by atoms with van der Waals surface area (Å²) in [7, 11) is 0. The number of aromatic nitrogens is 1. The summed E-state index contributed by atoms with van der Waals surface area (Å²) < 4.78 is 40.8. The van der Waals surface area contributed by atoms with E-state index in [0.717, 1.165) is 11.3 Å². The van der Waals surface area contributed by atoms with Crippen LogP contribution in [-0.4, -0.2) is 22.4 Å². The lowest BCUT2D eigenvalue weighted by Crippen LogP contribution is -2.24.